The third kappa shape index (κ3) is 12.7. The lowest BCUT2D eigenvalue weighted by Gasteiger charge is -2.47. The summed E-state index contributed by atoms with van der Waals surface area (Å²) < 4.78 is 48.2. The van der Waals surface area contributed by atoms with E-state index < -0.39 is 104 Å². The fourth-order valence-electron chi connectivity index (χ4n) is 6.83. The number of carbonyl (C=O) groups excluding carboxylic acids is 2. The molecule has 3 aromatic rings. The number of benzene rings is 3. The minimum absolute atomic E-state index is 0.126. The van der Waals surface area contributed by atoms with Crippen LogP contribution in [-0.2, 0) is 72.3 Å². The fourth-order valence-corrected chi connectivity index (χ4v) is 6.83. The van der Waals surface area contributed by atoms with Crippen LogP contribution in [0.3, 0.4) is 0 Å². The number of alkyl carbamates (subject to hydrolysis) is 1. The predicted octanol–water partition coefficient (Wildman–Crippen LogP) is 2.69. The van der Waals surface area contributed by atoms with Gasteiger partial charge in [0.1, 0.15) is 54.9 Å². The Morgan fingerprint density at radius 2 is 1.33 bits per heavy atom. The molecule has 2 aliphatic heterocycles. The summed E-state index contributed by atoms with van der Waals surface area (Å²) in [6.07, 6.45) is -13.6. The van der Waals surface area contributed by atoms with Crippen molar-refractivity contribution in [2.75, 3.05) is 27.4 Å². The molecule has 0 saturated carbocycles. The summed E-state index contributed by atoms with van der Waals surface area (Å²) in [6, 6.07) is 27.0. The van der Waals surface area contributed by atoms with Crippen LogP contribution in [0.15, 0.2) is 91.0 Å². The SMILES string of the molecule is COC(=O)[C@@]1(OOC[C@H]2O[C@H](OC)[C@H](OCc3ccccc3)[C@@H](OCc3ccccc3)[C@@H]2OCc2ccccc2)C[C@H](O)[C@@H](NC(=O)OC(C)(C)C)[C@H]([C@H](O)[C@H](O)CO)O1. The number of aliphatic hydroxyl groups excluding tert-OH is 4. The zero-order valence-electron chi connectivity index (χ0n) is 34.4. The average molecular weight is 844 g/mol. The lowest BCUT2D eigenvalue weighted by Crippen LogP contribution is -2.68. The van der Waals surface area contributed by atoms with Crippen LogP contribution in [0.25, 0.3) is 0 Å². The minimum atomic E-state index is -2.58. The van der Waals surface area contributed by atoms with E-state index in [4.69, 9.17) is 47.7 Å². The first kappa shape index (κ1) is 47.0. The number of ether oxygens (including phenoxy) is 8. The van der Waals surface area contributed by atoms with Crippen LogP contribution >= 0.6 is 0 Å². The highest BCUT2D eigenvalue weighted by Gasteiger charge is 2.58. The molecule has 0 bridgehead atoms. The largest absolute Gasteiger partial charge is 0.465 e. The molecule has 2 saturated heterocycles. The number of hydrogen-bond donors (Lipinski definition) is 5. The molecule has 5 N–H and O–H groups in total. The number of esters is 1. The summed E-state index contributed by atoms with van der Waals surface area (Å²) in [6.45, 7) is 3.95. The Morgan fingerprint density at radius 1 is 0.817 bits per heavy atom. The number of carbonyl (C=O) groups is 2. The molecule has 5 rings (SSSR count). The van der Waals surface area contributed by atoms with Gasteiger partial charge in [0.15, 0.2) is 6.29 Å². The molecule has 2 fully saturated rings. The van der Waals surface area contributed by atoms with Gasteiger partial charge in [0, 0.05) is 13.5 Å². The highest BCUT2D eigenvalue weighted by atomic mass is 17.2. The topological polar surface area (TPSA) is 219 Å². The molecule has 0 spiro atoms. The quantitative estimate of drug-likeness (QED) is 0.0666. The molecule has 11 atom stereocenters. The molecule has 60 heavy (non-hydrogen) atoms. The Kier molecular flexibility index (Phi) is 17.3. The number of methoxy groups -OCH3 is 2. The monoisotopic (exact) mass is 843 g/mol. The van der Waals surface area contributed by atoms with Crippen molar-refractivity contribution < 1.29 is 77.7 Å². The highest BCUT2D eigenvalue weighted by Crippen LogP contribution is 2.36. The summed E-state index contributed by atoms with van der Waals surface area (Å²) in [5.74, 6) is -3.77. The highest BCUT2D eigenvalue weighted by molar-refractivity contribution is 5.78. The van der Waals surface area contributed by atoms with Crippen molar-refractivity contribution in [3.63, 3.8) is 0 Å². The first-order valence-corrected chi connectivity index (χ1v) is 19.6. The van der Waals surface area contributed by atoms with Crippen molar-refractivity contribution in [1.82, 2.24) is 5.32 Å². The molecule has 17 nitrogen and oxygen atoms in total. The molecule has 0 radical (unpaired) electrons. The fraction of sp³-hybridized carbons (Fsp3) is 0.535. The van der Waals surface area contributed by atoms with E-state index in [1.807, 2.05) is 91.0 Å². The first-order valence-electron chi connectivity index (χ1n) is 19.6. The van der Waals surface area contributed by atoms with E-state index in [1.54, 1.807) is 20.8 Å². The summed E-state index contributed by atoms with van der Waals surface area (Å²) >= 11 is 0. The second kappa shape index (κ2) is 22.1. The Labute approximate surface area is 349 Å². The molecule has 0 unspecified atom stereocenters. The number of aliphatic hydroxyl groups is 4. The molecule has 3 aromatic carbocycles. The Morgan fingerprint density at radius 3 is 1.82 bits per heavy atom. The summed E-state index contributed by atoms with van der Waals surface area (Å²) in [4.78, 5) is 37.7. The third-order valence-electron chi connectivity index (χ3n) is 9.78. The van der Waals surface area contributed by atoms with Gasteiger partial charge in [-0.25, -0.2) is 14.5 Å². The van der Waals surface area contributed by atoms with Gasteiger partial charge in [0.05, 0.1) is 45.7 Å². The molecule has 2 heterocycles. The van der Waals surface area contributed by atoms with Gasteiger partial charge in [-0.05, 0) is 37.5 Å². The maximum Gasteiger partial charge on any atom is 0.408 e. The van der Waals surface area contributed by atoms with Gasteiger partial charge in [-0.2, -0.15) is 4.89 Å². The van der Waals surface area contributed by atoms with Crippen LogP contribution in [0.2, 0.25) is 0 Å². The minimum Gasteiger partial charge on any atom is -0.465 e. The van der Waals surface area contributed by atoms with Crippen molar-refractivity contribution >= 4 is 12.1 Å². The van der Waals surface area contributed by atoms with E-state index >= 15 is 0 Å². The lowest BCUT2D eigenvalue weighted by molar-refractivity contribution is -0.452. The van der Waals surface area contributed by atoms with Gasteiger partial charge in [0.2, 0.25) is 0 Å². The smallest absolute Gasteiger partial charge is 0.408 e. The summed E-state index contributed by atoms with van der Waals surface area (Å²) in [5.41, 5.74) is 1.69. The average Bonchev–Trinajstić information content (AvgIpc) is 3.24. The third-order valence-corrected chi connectivity index (χ3v) is 9.78. The van der Waals surface area contributed by atoms with Crippen LogP contribution < -0.4 is 5.32 Å². The molecule has 0 aromatic heterocycles. The number of rotatable bonds is 19. The van der Waals surface area contributed by atoms with Crippen LogP contribution in [-0.4, -0.2) is 132 Å². The van der Waals surface area contributed by atoms with Gasteiger partial charge in [-0.3, -0.25) is 0 Å². The second-order valence-electron chi connectivity index (χ2n) is 15.4. The number of hydrogen-bond acceptors (Lipinski definition) is 16. The molecular formula is C43H57NO16. The van der Waals surface area contributed by atoms with Gasteiger partial charge in [-0.15, -0.1) is 0 Å². The Bertz CT molecular complexity index is 1730. The van der Waals surface area contributed by atoms with Crippen molar-refractivity contribution in [1.29, 1.82) is 0 Å². The van der Waals surface area contributed by atoms with Gasteiger partial charge in [-0.1, -0.05) is 91.0 Å². The maximum absolute atomic E-state index is 13.5. The standard InChI is InChI=1S/C43H57NO16/c1-42(2,3)59-41(50)44-33-30(46)21-43(40(49)52-5,58-36(33)34(48)31(47)22-45)60-56-26-32-35(53-23-27-15-9-6-10-16-27)37(54-24-28-17-11-7-12-18-28)38(39(51-4)57-32)55-25-29-19-13-8-14-20-29/h6-20,30-39,45-48H,21-26H2,1-5H3,(H,44,50)/t30-,31+,32+,33+,34+,35+,36+,37-,38+,39-,43-/m0/s1. The number of amides is 1. The molecular weight excluding hydrogens is 786 g/mol. The lowest BCUT2D eigenvalue weighted by atomic mass is 9.88. The van der Waals surface area contributed by atoms with Crippen LogP contribution in [0.5, 0.6) is 0 Å². The first-order chi connectivity index (χ1) is 28.8. The zero-order valence-corrected chi connectivity index (χ0v) is 34.4. The van der Waals surface area contributed by atoms with E-state index in [0.29, 0.717) is 0 Å². The molecule has 330 valence electrons. The maximum atomic E-state index is 13.5. The van der Waals surface area contributed by atoms with E-state index in [9.17, 15) is 30.0 Å². The van der Waals surface area contributed by atoms with Gasteiger partial charge >= 0.3 is 17.8 Å². The van der Waals surface area contributed by atoms with E-state index in [2.05, 4.69) is 5.32 Å². The van der Waals surface area contributed by atoms with Crippen molar-refractivity contribution in [2.24, 2.45) is 0 Å². The molecule has 17 heteroatoms. The van der Waals surface area contributed by atoms with Crippen molar-refractivity contribution in [3.05, 3.63) is 108 Å². The summed E-state index contributed by atoms with van der Waals surface area (Å²) in [7, 11) is 2.49. The molecule has 0 aliphatic carbocycles. The van der Waals surface area contributed by atoms with E-state index in [-0.39, 0.29) is 19.8 Å². The normalized spacial score (nSPS) is 28.0. The van der Waals surface area contributed by atoms with Crippen molar-refractivity contribution in [2.45, 2.75) is 120 Å². The van der Waals surface area contributed by atoms with Gasteiger partial charge < -0.3 is 63.6 Å². The van der Waals surface area contributed by atoms with Crippen LogP contribution in [0.4, 0.5) is 4.79 Å². The van der Waals surface area contributed by atoms with Crippen LogP contribution in [0, 0.1) is 0 Å². The molecule has 1 amide bonds. The predicted molar refractivity (Wildman–Crippen MR) is 210 cm³/mol. The zero-order chi connectivity index (χ0) is 43.3. The van der Waals surface area contributed by atoms with Crippen LogP contribution in [0.1, 0.15) is 43.9 Å². The summed E-state index contributed by atoms with van der Waals surface area (Å²) in [5, 5.41) is 45.0. The Hall–Kier alpha value is -4.08. The Balaban J connectivity index is 1.43. The second-order valence-corrected chi connectivity index (χ2v) is 15.4. The van der Waals surface area contributed by atoms with Crippen molar-refractivity contribution in [3.8, 4) is 0 Å². The van der Waals surface area contributed by atoms with E-state index in [1.165, 1.54) is 7.11 Å². The van der Waals surface area contributed by atoms with E-state index in [0.717, 1.165) is 23.8 Å². The van der Waals surface area contributed by atoms with Gasteiger partial charge in [0.25, 0.3) is 0 Å². The number of nitrogens with one attached hydrogen (secondary N) is 1. The molecule has 2 aliphatic rings.